The molecule has 0 fully saturated rings. The van der Waals surface area contributed by atoms with Crippen molar-refractivity contribution in [3.63, 3.8) is 0 Å². The van der Waals surface area contributed by atoms with E-state index in [-0.39, 0.29) is 11.8 Å². The van der Waals surface area contributed by atoms with E-state index in [1.165, 1.54) is 0 Å². The zero-order chi connectivity index (χ0) is 18.1. The van der Waals surface area contributed by atoms with E-state index in [0.717, 1.165) is 5.56 Å². The number of carbonyl (C=O) groups is 2. The van der Waals surface area contributed by atoms with Crippen LogP contribution in [0.1, 0.15) is 22.3 Å². The fourth-order valence-electron chi connectivity index (χ4n) is 2.31. The molecule has 6 heteroatoms. The lowest BCUT2D eigenvalue weighted by Crippen LogP contribution is -2.28. The van der Waals surface area contributed by atoms with Gasteiger partial charge in [-0.3, -0.25) is 9.59 Å². The van der Waals surface area contributed by atoms with Gasteiger partial charge in [0.1, 0.15) is 0 Å². The van der Waals surface area contributed by atoms with Gasteiger partial charge in [-0.2, -0.15) is 0 Å². The number of aryl methyl sites for hydroxylation is 1. The molecule has 0 saturated carbocycles. The Morgan fingerprint density at radius 2 is 1.80 bits per heavy atom. The summed E-state index contributed by atoms with van der Waals surface area (Å²) < 4.78 is 4.91. The fourth-order valence-corrected chi connectivity index (χ4v) is 2.31. The van der Waals surface area contributed by atoms with Gasteiger partial charge in [0.05, 0.1) is 17.9 Å². The van der Waals surface area contributed by atoms with E-state index in [1.807, 2.05) is 24.3 Å². The highest BCUT2D eigenvalue weighted by Crippen LogP contribution is 2.16. The van der Waals surface area contributed by atoms with Crippen molar-refractivity contribution in [1.82, 2.24) is 5.32 Å². The molecule has 132 valence electrons. The number of hydrogen-bond donors (Lipinski definition) is 3. The Balaban J connectivity index is 1.93. The van der Waals surface area contributed by atoms with E-state index in [9.17, 15) is 9.59 Å². The lowest BCUT2D eigenvalue weighted by Gasteiger charge is -2.11. The number of methoxy groups -OCH3 is 1. The van der Waals surface area contributed by atoms with Gasteiger partial charge in [-0.1, -0.05) is 24.3 Å². The fraction of sp³-hybridized carbons (Fsp3) is 0.263. The Kier molecular flexibility index (Phi) is 6.98. The van der Waals surface area contributed by atoms with Crippen LogP contribution in [0.5, 0.6) is 0 Å². The largest absolute Gasteiger partial charge is 0.399 e. The van der Waals surface area contributed by atoms with Gasteiger partial charge < -0.3 is 21.1 Å². The zero-order valence-electron chi connectivity index (χ0n) is 14.2. The topological polar surface area (TPSA) is 93.5 Å². The van der Waals surface area contributed by atoms with Crippen molar-refractivity contribution in [2.24, 2.45) is 0 Å². The van der Waals surface area contributed by atoms with E-state index in [0.29, 0.717) is 42.9 Å². The van der Waals surface area contributed by atoms with Gasteiger partial charge in [0.2, 0.25) is 5.91 Å². The van der Waals surface area contributed by atoms with Crippen molar-refractivity contribution in [1.29, 1.82) is 0 Å². The number of hydrogen-bond acceptors (Lipinski definition) is 4. The number of amides is 2. The van der Waals surface area contributed by atoms with E-state index < -0.39 is 0 Å². The van der Waals surface area contributed by atoms with Gasteiger partial charge in [-0.05, 0) is 36.2 Å². The number of nitrogens with one attached hydrogen (secondary N) is 2. The molecule has 4 N–H and O–H groups in total. The maximum Gasteiger partial charge on any atom is 0.253 e. The van der Waals surface area contributed by atoms with Crippen molar-refractivity contribution in [3.05, 3.63) is 59.7 Å². The average molecular weight is 341 g/mol. The first kappa shape index (κ1) is 18.5. The summed E-state index contributed by atoms with van der Waals surface area (Å²) in [5, 5.41) is 5.56. The molecule has 0 bridgehead atoms. The Hall–Kier alpha value is -2.86. The smallest absolute Gasteiger partial charge is 0.253 e. The van der Waals surface area contributed by atoms with Crippen LogP contribution in [0.2, 0.25) is 0 Å². The predicted molar refractivity (Wildman–Crippen MR) is 98.5 cm³/mol. The number of benzene rings is 2. The molecule has 0 atom stereocenters. The maximum atomic E-state index is 12.2. The van der Waals surface area contributed by atoms with Crippen molar-refractivity contribution in [2.45, 2.75) is 12.8 Å². The standard InChI is InChI=1S/C19H23N3O3/c1-25-13-12-21-19(24)16-4-2-3-5-17(16)22-18(23)11-8-14-6-9-15(20)10-7-14/h2-7,9-10H,8,11-13,20H2,1H3,(H,21,24)(H,22,23). The molecule has 2 rings (SSSR count). The molecule has 0 aliphatic carbocycles. The molecule has 0 aliphatic rings. The van der Waals surface area contributed by atoms with Crippen LogP contribution in [0.15, 0.2) is 48.5 Å². The molecule has 0 saturated heterocycles. The van der Waals surface area contributed by atoms with Crippen molar-refractivity contribution in [2.75, 3.05) is 31.3 Å². The third kappa shape index (κ3) is 5.93. The number of rotatable bonds is 8. The number of anilines is 2. The number of para-hydroxylation sites is 1. The van der Waals surface area contributed by atoms with Gasteiger partial charge in [-0.25, -0.2) is 0 Å². The minimum atomic E-state index is -0.244. The first-order valence-corrected chi connectivity index (χ1v) is 8.10. The number of carbonyl (C=O) groups excluding carboxylic acids is 2. The second-order valence-electron chi connectivity index (χ2n) is 5.58. The first-order chi connectivity index (χ1) is 12.1. The lowest BCUT2D eigenvalue weighted by molar-refractivity contribution is -0.116. The maximum absolute atomic E-state index is 12.2. The normalized spacial score (nSPS) is 10.3. The molecule has 0 aromatic heterocycles. The molecule has 6 nitrogen and oxygen atoms in total. The predicted octanol–water partition coefficient (Wildman–Crippen LogP) is 2.22. The first-order valence-electron chi connectivity index (χ1n) is 8.10. The molecule has 0 unspecified atom stereocenters. The minimum absolute atomic E-state index is 0.144. The average Bonchev–Trinajstić information content (AvgIpc) is 2.62. The van der Waals surface area contributed by atoms with Crippen LogP contribution in [-0.4, -0.2) is 32.1 Å². The molecule has 2 aromatic carbocycles. The van der Waals surface area contributed by atoms with Crippen molar-refractivity contribution >= 4 is 23.2 Å². The summed E-state index contributed by atoms with van der Waals surface area (Å²) in [6.45, 7) is 0.844. The van der Waals surface area contributed by atoms with E-state index in [2.05, 4.69) is 10.6 Å². The van der Waals surface area contributed by atoms with Gasteiger partial charge in [0, 0.05) is 25.8 Å². The summed E-state index contributed by atoms with van der Waals surface area (Å²) in [6.07, 6.45) is 0.928. The summed E-state index contributed by atoms with van der Waals surface area (Å²) in [5.74, 6) is -0.388. The Morgan fingerprint density at radius 1 is 1.08 bits per heavy atom. The Bertz CT molecular complexity index is 714. The third-order valence-electron chi connectivity index (χ3n) is 3.66. The number of nitrogens with two attached hydrogens (primary N) is 1. The van der Waals surface area contributed by atoms with Gasteiger partial charge >= 0.3 is 0 Å². The van der Waals surface area contributed by atoms with E-state index in [1.54, 1.807) is 31.4 Å². The van der Waals surface area contributed by atoms with Crippen LogP contribution in [-0.2, 0) is 16.0 Å². The monoisotopic (exact) mass is 341 g/mol. The van der Waals surface area contributed by atoms with Crippen LogP contribution in [0.3, 0.4) is 0 Å². The SMILES string of the molecule is COCCNC(=O)c1ccccc1NC(=O)CCc1ccc(N)cc1. The molecular weight excluding hydrogens is 318 g/mol. The minimum Gasteiger partial charge on any atom is -0.399 e. The second-order valence-corrected chi connectivity index (χ2v) is 5.58. The molecule has 0 radical (unpaired) electrons. The quantitative estimate of drug-likeness (QED) is 0.507. The van der Waals surface area contributed by atoms with Gasteiger partial charge in [0.25, 0.3) is 5.91 Å². The highest BCUT2D eigenvalue weighted by Gasteiger charge is 2.12. The lowest BCUT2D eigenvalue weighted by atomic mass is 10.1. The number of nitrogen functional groups attached to an aromatic ring is 1. The Morgan fingerprint density at radius 3 is 2.52 bits per heavy atom. The second kappa shape index (κ2) is 9.44. The van der Waals surface area contributed by atoms with Crippen LogP contribution in [0.25, 0.3) is 0 Å². The molecule has 0 heterocycles. The summed E-state index contributed by atoms with van der Waals surface area (Å²) in [4.78, 5) is 24.4. The van der Waals surface area contributed by atoms with Crippen molar-refractivity contribution < 1.29 is 14.3 Å². The molecule has 0 aliphatic heterocycles. The summed E-state index contributed by atoms with van der Waals surface area (Å²) in [5.41, 5.74) is 8.31. The van der Waals surface area contributed by atoms with Crippen LogP contribution in [0.4, 0.5) is 11.4 Å². The van der Waals surface area contributed by atoms with Crippen molar-refractivity contribution in [3.8, 4) is 0 Å². The third-order valence-corrected chi connectivity index (χ3v) is 3.66. The van der Waals surface area contributed by atoms with Crippen LogP contribution < -0.4 is 16.4 Å². The van der Waals surface area contributed by atoms with Gasteiger partial charge in [-0.15, -0.1) is 0 Å². The zero-order valence-corrected chi connectivity index (χ0v) is 14.2. The summed E-state index contributed by atoms with van der Waals surface area (Å²) in [7, 11) is 1.57. The van der Waals surface area contributed by atoms with E-state index in [4.69, 9.17) is 10.5 Å². The summed E-state index contributed by atoms with van der Waals surface area (Å²) >= 11 is 0. The summed E-state index contributed by atoms with van der Waals surface area (Å²) in [6, 6.07) is 14.4. The highest BCUT2D eigenvalue weighted by molar-refractivity contribution is 6.03. The molecule has 0 spiro atoms. The Labute approximate surface area is 147 Å². The van der Waals surface area contributed by atoms with Crippen LogP contribution >= 0.6 is 0 Å². The molecule has 2 aromatic rings. The molecular formula is C19H23N3O3. The molecule has 2 amide bonds. The molecule has 25 heavy (non-hydrogen) atoms. The highest BCUT2D eigenvalue weighted by atomic mass is 16.5. The van der Waals surface area contributed by atoms with E-state index >= 15 is 0 Å². The van der Waals surface area contributed by atoms with Crippen LogP contribution in [0, 0.1) is 0 Å². The van der Waals surface area contributed by atoms with Gasteiger partial charge in [0.15, 0.2) is 0 Å². The number of ether oxygens (including phenoxy) is 1.